The summed E-state index contributed by atoms with van der Waals surface area (Å²) >= 11 is 0. The molecular formula is C30H27N4O-. The molecule has 0 radical (unpaired) electrons. The lowest BCUT2D eigenvalue weighted by atomic mass is 10.1. The monoisotopic (exact) mass is 459 g/mol. The molecule has 0 amide bonds. The Morgan fingerprint density at radius 2 is 1.66 bits per heavy atom. The highest BCUT2D eigenvalue weighted by molar-refractivity contribution is 5.94. The van der Waals surface area contributed by atoms with Crippen LogP contribution in [0.5, 0.6) is 0 Å². The predicted octanol–water partition coefficient (Wildman–Crippen LogP) is 6.90. The highest BCUT2D eigenvalue weighted by atomic mass is 16.5. The van der Waals surface area contributed by atoms with E-state index in [1.807, 2.05) is 6.07 Å². The van der Waals surface area contributed by atoms with Gasteiger partial charge in [0.05, 0.1) is 5.56 Å². The molecule has 174 valence electrons. The highest BCUT2D eigenvalue weighted by Crippen LogP contribution is 2.32. The second-order valence-corrected chi connectivity index (χ2v) is 9.39. The molecule has 0 aliphatic carbocycles. The van der Waals surface area contributed by atoms with Gasteiger partial charge in [-0.1, -0.05) is 59.3 Å². The summed E-state index contributed by atoms with van der Waals surface area (Å²) in [4.78, 5) is 4.78. The van der Waals surface area contributed by atoms with E-state index >= 15 is 0 Å². The van der Waals surface area contributed by atoms with E-state index in [0.29, 0.717) is 11.7 Å². The van der Waals surface area contributed by atoms with Gasteiger partial charge in [0.25, 0.3) is 5.89 Å². The third kappa shape index (κ3) is 4.10. The van der Waals surface area contributed by atoms with Gasteiger partial charge in [-0.05, 0) is 55.2 Å². The van der Waals surface area contributed by atoms with Crippen molar-refractivity contribution in [3.05, 3.63) is 113 Å². The summed E-state index contributed by atoms with van der Waals surface area (Å²) in [5, 5.41) is 5.42. The van der Waals surface area contributed by atoms with E-state index < -0.39 is 0 Å². The number of fused-ring (bicyclic) bond motifs is 1. The summed E-state index contributed by atoms with van der Waals surface area (Å²) in [7, 11) is 0. The maximum atomic E-state index is 5.78. The Morgan fingerprint density at radius 1 is 0.857 bits per heavy atom. The minimum Gasteiger partial charge on any atom is -0.455 e. The smallest absolute Gasteiger partial charge is 0.260 e. The highest BCUT2D eigenvalue weighted by Gasteiger charge is 2.17. The van der Waals surface area contributed by atoms with Gasteiger partial charge in [-0.15, -0.1) is 18.5 Å². The summed E-state index contributed by atoms with van der Waals surface area (Å²) in [5.74, 6) is 1.14. The summed E-state index contributed by atoms with van der Waals surface area (Å²) in [5.41, 5.74) is 9.39. The average molecular weight is 460 g/mol. The number of nitrogens with zero attached hydrogens (tertiary/aromatic N) is 4. The van der Waals surface area contributed by atoms with Crippen molar-refractivity contribution in [1.29, 1.82) is 0 Å². The molecule has 5 nitrogen and oxygen atoms in total. The third-order valence-corrected chi connectivity index (χ3v) is 6.75. The van der Waals surface area contributed by atoms with Crippen molar-refractivity contribution >= 4 is 10.9 Å². The summed E-state index contributed by atoms with van der Waals surface area (Å²) < 4.78 is 10.2. The molecule has 6 rings (SSSR count). The van der Waals surface area contributed by atoms with E-state index in [1.165, 1.54) is 27.8 Å². The molecule has 0 N–H and O–H groups in total. The molecule has 0 aliphatic heterocycles. The van der Waals surface area contributed by atoms with Gasteiger partial charge in [-0.25, -0.2) is 0 Å². The van der Waals surface area contributed by atoms with E-state index in [9.17, 15) is 0 Å². The van der Waals surface area contributed by atoms with Crippen LogP contribution in [0.25, 0.3) is 33.7 Å². The van der Waals surface area contributed by atoms with E-state index in [1.54, 1.807) is 0 Å². The molecule has 0 unspecified atom stereocenters. The van der Waals surface area contributed by atoms with Crippen molar-refractivity contribution in [3.8, 4) is 22.8 Å². The van der Waals surface area contributed by atoms with Crippen LogP contribution in [0.3, 0.4) is 0 Å². The average Bonchev–Trinajstić information content (AvgIpc) is 3.44. The van der Waals surface area contributed by atoms with Crippen LogP contribution in [-0.2, 0) is 13.1 Å². The lowest BCUT2D eigenvalue weighted by Crippen LogP contribution is -2.01. The fraction of sp³-hybridized carbons (Fsp3) is 0.167. The Morgan fingerprint density at radius 3 is 2.40 bits per heavy atom. The fourth-order valence-corrected chi connectivity index (χ4v) is 4.54. The zero-order valence-electron chi connectivity index (χ0n) is 20.2. The fourth-order valence-electron chi connectivity index (χ4n) is 4.54. The molecule has 35 heavy (non-hydrogen) atoms. The van der Waals surface area contributed by atoms with Crippen molar-refractivity contribution in [2.45, 2.75) is 33.9 Å². The van der Waals surface area contributed by atoms with Crippen LogP contribution >= 0.6 is 0 Å². The Labute approximate surface area is 204 Å². The van der Waals surface area contributed by atoms with E-state index in [0.717, 1.165) is 35.1 Å². The first-order chi connectivity index (χ1) is 17.0. The summed E-state index contributed by atoms with van der Waals surface area (Å²) in [6, 6.07) is 23.6. The largest absolute Gasteiger partial charge is 0.455 e. The molecule has 3 aromatic carbocycles. The topological polar surface area (TPSA) is 48.8 Å². The molecular weight excluding hydrogens is 432 g/mol. The second kappa shape index (κ2) is 8.51. The van der Waals surface area contributed by atoms with Crippen LogP contribution in [0.4, 0.5) is 0 Å². The number of hydrogen-bond donors (Lipinski definition) is 0. The number of rotatable bonds is 6. The molecule has 0 atom stereocenters. The first kappa shape index (κ1) is 21.3. The zero-order valence-corrected chi connectivity index (χ0v) is 20.2. The van der Waals surface area contributed by atoms with Crippen molar-refractivity contribution < 1.29 is 4.52 Å². The summed E-state index contributed by atoms with van der Waals surface area (Å²) in [6.07, 6.45) is 6.27. The molecule has 0 spiro atoms. The summed E-state index contributed by atoms with van der Waals surface area (Å²) in [6.45, 7) is 8.07. The molecule has 3 aromatic heterocycles. The van der Waals surface area contributed by atoms with E-state index in [2.05, 4.69) is 114 Å². The lowest BCUT2D eigenvalue weighted by molar-refractivity contribution is 0.432. The van der Waals surface area contributed by atoms with Crippen molar-refractivity contribution in [3.63, 3.8) is 0 Å². The van der Waals surface area contributed by atoms with Crippen molar-refractivity contribution in [2.24, 2.45) is 0 Å². The normalized spacial score (nSPS) is 11.5. The van der Waals surface area contributed by atoms with Gasteiger partial charge in [0.1, 0.15) is 0 Å². The van der Waals surface area contributed by atoms with Crippen LogP contribution in [0.2, 0.25) is 0 Å². The third-order valence-electron chi connectivity index (χ3n) is 6.75. The molecule has 0 saturated carbocycles. The Balaban J connectivity index is 1.34. The molecule has 0 saturated heterocycles. The minimum atomic E-state index is 0.541. The van der Waals surface area contributed by atoms with E-state index in [4.69, 9.17) is 9.51 Å². The molecule has 0 bridgehead atoms. The maximum absolute atomic E-state index is 5.78. The van der Waals surface area contributed by atoms with Crippen LogP contribution in [-0.4, -0.2) is 19.3 Å². The minimum absolute atomic E-state index is 0.541. The molecule has 0 aliphatic rings. The first-order valence-electron chi connectivity index (χ1n) is 11.9. The van der Waals surface area contributed by atoms with Gasteiger partial charge < -0.3 is 13.7 Å². The van der Waals surface area contributed by atoms with Gasteiger partial charge in [0.2, 0.25) is 5.82 Å². The molecule has 3 heterocycles. The zero-order chi connectivity index (χ0) is 23.9. The number of benzene rings is 3. The SMILES string of the molecule is Cc1ccc2c(c1)c(-c1nc(-c3ccc(Cn4cc[cH-]4)cc3)no1)cn2Cc1ccc(C)c(C)c1. The Hall–Kier alpha value is -4.25. The molecule has 0 fully saturated rings. The second-order valence-electron chi connectivity index (χ2n) is 9.39. The van der Waals surface area contributed by atoms with Crippen LogP contribution in [0.15, 0.2) is 89.8 Å². The number of aryl methyl sites for hydroxylation is 3. The number of aromatic nitrogens is 4. The Bertz CT molecular complexity index is 1620. The van der Waals surface area contributed by atoms with Crippen LogP contribution < -0.4 is 0 Å². The van der Waals surface area contributed by atoms with E-state index in [-0.39, 0.29) is 0 Å². The standard InChI is InChI=1S/C30H27N4O/c1-20-5-12-28-26(15-20)27(19-34(28)18-24-7-6-21(2)22(3)16-24)30-31-29(32-35-30)25-10-8-23(9-11-25)17-33-13-4-14-33/h4-16,19H,17-18H2,1-3H3/q-1. The first-order valence-corrected chi connectivity index (χ1v) is 11.9. The van der Waals surface area contributed by atoms with Crippen molar-refractivity contribution in [2.75, 3.05) is 0 Å². The van der Waals surface area contributed by atoms with Gasteiger partial charge in [0, 0.05) is 35.8 Å². The van der Waals surface area contributed by atoms with Crippen LogP contribution in [0.1, 0.15) is 27.8 Å². The van der Waals surface area contributed by atoms with Gasteiger partial charge in [-0.2, -0.15) is 4.98 Å². The Kier molecular flexibility index (Phi) is 5.18. The molecule has 5 heteroatoms. The van der Waals surface area contributed by atoms with Crippen molar-refractivity contribution in [1.82, 2.24) is 19.3 Å². The maximum Gasteiger partial charge on any atom is 0.260 e. The predicted molar refractivity (Wildman–Crippen MR) is 140 cm³/mol. The molecule has 6 aromatic rings. The number of hydrogen-bond acceptors (Lipinski definition) is 3. The lowest BCUT2D eigenvalue weighted by Gasteiger charge is -2.15. The van der Waals surface area contributed by atoms with Crippen LogP contribution in [0, 0.1) is 20.8 Å². The van der Waals surface area contributed by atoms with Gasteiger partial charge in [0.15, 0.2) is 0 Å². The quantitative estimate of drug-likeness (QED) is 0.255. The van der Waals surface area contributed by atoms with Gasteiger partial charge >= 0.3 is 0 Å². The van der Waals surface area contributed by atoms with Gasteiger partial charge in [-0.3, -0.25) is 0 Å².